The number of aryl methyl sites for hydroxylation is 2. The Kier molecular flexibility index (Phi) is 10.2. The van der Waals surface area contributed by atoms with Crippen molar-refractivity contribution in [2.45, 2.75) is 33.1 Å². The number of carbonyl (C=O) groups excluding carboxylic acids is 1. The normalized spacial score (nSPS) is 10.9. The average Bonchev–Trinajstić information content (AvgIpc) is 3.33. The van der Waals surface area contributed by atoms with Crippen LogP contribution in [0.4, 0.5) is 5.13 Å². The lowest BCUT2D eigenvalue weighted by Crippen LogP contribution is -2.13. The summed E-state index contributed by atoms with van der Waals surface area (Å²) in [6, 6.07) is 13.3. The van der Waals surface area contributed by atoms with Gasteiger partial charge in [0.15, 0.2) is 11.5 Å². The Morgan fingerprint density at radius 3 is 2.62 bits per heavy atom. The summed E-state index contributed by atoms with van der Waals surface area (Å²) in [6.45, 7) is 8.55. The highest BCUT2D eigenvalue weighted by molar-refractivity contribution is 7.15. The van der Waals surface area contributed by atoms with Crippen molar-refractivity contribution in [3.8, 4) is 23.3 Å². The van der Waals surface area contributed by atoms with Crippen LogP contribution in [0.2, 0.25) is 0 Å². The number of amides is 1. The Morgan fingerprint density at radius 2 is 1.95 bits per heavy atom. The fraction of sp³-hybridized carbons (Fsp3) is 0.286. The molecule has 1 amide bonds. The Bertz CT molecular complexity index is 1290. The van der Waals surface area contributed by atoms with Crippen LogP contribution in [0.25, 0.3) is 6.08 Å². The van der Waals surface area contributed by atoms with Crippen LogP contribution in [0, 0.1) is 18.3 Å². The number of nitriles is 1. The number of benzene rings is 2. The summed E-state index contributed by atoms with van der Waals surface area (Å²) < 4.78 is 17.3. The zero-order chi connectivity index (χ0) is 26.6. The van der Waals surface area contributed by atoms with Gasteiger partial charge in [0.05, 0.1) is 7.11 Å². The number of methoxy groups -OCH3 is 1. The van der Waals surface area contributed by atoms with E-state index in [1.807, 2.05) is 50.2 Å². The molecule has 0 aliphatic heterocycles. The molecule has 0 spiro atoms. The van der Waals surface area contributed by atoms with Gasteiger partial charge >= 0.3 is 0 Å². The first-order chi connectivity index (χ1) is 18.0. The van der Waals surface area contributed by atoms with Crippen LogP contribution < -0.4 is 19.5 Å². The maximum atomic E-state index is 12.7. The van der Waals surface area contributed by atoms with Crippen molar-refractivity contribution in [3.63, 3.8) is 0 Å². The fourth-order valence-corrected chi connectivity index (χ4v) is 4.26. The van der Waals surface area contributed by atoms with Crippen LogP contribution in [0.3, 0.4) is 0 Å². The van der Waals surface area contributed by atoms with Gasteiger partial charge in [-0.2, -0.15) is 5.26 Å². The molecule has 0 bridgehead atoms. The standard InChI is InChI=1S/C28H30N4O4S/c1-5-7-21-15-20(16-22(18-29)27(33)30-28-32-31-25(37-28)8-6-2)17-24(34-4)26(21)36-14-13-35-23-11-9-19(3)10-12-23/h5,9-12,15-17H,1,6-8,13-14H2,2-4H3,(H,30,32,33)/b22-16-. The molecule has 37 heavy (non-hydrogen) atoms. The van der Waals surface area contributed by atoms with Crippen molar-refractivity contribution in [1.82, 2.24) is 10.2 Å². The van der Waals surface area contributed by atoms with Gasteiger partial charge in [0, 0.05) is 12.0 Å². The third kappa shape index (κ3) is 7.92. The van der Waals surface area contributed by atoms with Crippen molar-refractivity contribution in [2.75, 3.05) is 25.6 Å². The third-order valence-electron chi connectivity index (χ3n) is 5.18. The molecule has 0 saturated carbocycles. The highest BCUT2D eigenvalue weighted by Crippen LogP contribution is 2.34. The number of aromatic nitrogens is 2. The summed E-state index contributed by atoms with van der Waals surface area (Å²) in [5.41, 5.74) is 2.52. The lowest BCUT2D eigenvalue weighted by atomic mass is 10.0. The molecule has 9 heteroatoms. The molecule has 0 aliphatic carbocycles. The molecule has 1 N–H and O–H groups in total. The van der Waals surface area contributed by atoms with Crippen molar-refractivity contribution in [2.24, 2.45) is 0 Å². The number of hydrogen-bond donors (Lipinski definition) is 1. The van der Waals surface area contributed by atoms with Crippen LogP contribution in [-0.4, -0.2) is 36.4 Å². The Labute approximate surface area is 221 Å². The van der Waals surface area contributed by atoms with E-state index in [-0.39, 0.29) is 5.57 Å². The number of hydrogen-bond acceptors (Lipinski definition) is 8. The molecule has 1 heterocycles. The Hall–Kier alpha value is -4.16. The Balaban J connectivity index is 1.75. The van der Waals surface area contributed by atoms with Crippen LogP contribution in [-0.2, 0) is 17.6 Å². The molecule has 0 radical (unpaired) electrons. The number of anilines is 1. The lowest BCUT2D eigenvalue weighted by Gasteiger charge is -2.16. The molecule has 0 unspecified atom stereocenters. The largest absolute Gasteiger partial charge is 0.493 e. The van der Waals surface area contributed by atoms with E-state index in [0.29, 0.717) is 41.8 Å². The highest BCUT2D eigenvalue weighted by Gasteiger charge is 2.16. The predicted octanol–water partition coefficient (Wildman–Crippen LogP) is 5.54. The van der Waals surface area contributed by atoms with E-state index in [4.69, 9.17) is 14.2 Å². The molecule has 3 rings (SSSR count). The minimum absolute atomic E-state index is 0.0704. The van der Waals surface area contributed by atoms with Gasteiger partial charge in [0.1, 0.15) is 35.6 Å². The number of rotatable bonds is 13. The van der Waals surface area contributed by atoms with Gasteiger partial charge in [-0.05, 0) is 55.7 Å². The molecule has 3 aromatic rings. The molecule has 8 nitrogen and oxygen atoms in total. The molecule has 0 fully saturated rings. The highest BCUT2D eigenvalue weighted by atomic mass is 32.1. The van der Waals surface area contributed by atoms with E-state index < -0.39 is 5.91 Å². The summed E-state index contributed by atoms with van der Waals surface area (Å²) in [6.07, 6.45) is 5.47. The van der Waals surface area contributed by atoms with Crippen LogP contribution >= 0.6 is 11.3 Å². The maximum Gasteiger partial charge on any atom is 0.268 e. The lowest BCUT2D eigenvalue weighted by molar-refractivity contribution is -0.112. The Morgan fingerprint density at radius 1 is 1.19 bits per heavy atom. The summed E-state index contributed by atoms with van der Waals surface area (Å²) >= 11 is 1.30. The number of nitrogens with zero attached hydrogens (tertiary/aromatic N) is 3. The first kappa shape index (κ1) is 27.4. The summed E-state index contributed by atoms with van der Waals surface area (Å²) in [7, 11) is 1.54. The fourth-order valence-electron chi connectivity index (χ4n) is 3.43. The van der Waals surface area contributed by atoms with Crippen molar-refractivity contribution < 1.29 is 19.0 Å². The van der Waals surface area contributed by atoms with Gasteiger partial charge in [0.2, 0.25) is 5.13 Å². The topological polar surface area (TPSA) is 106 Å². The quantitative estimate of drug-likeness (QED) is 0.137. The van der Waals surface area contributed by atoms with E-state index in [9.17, 15) is 10.1 Å². The number of nitrogens with one attached hydrogen (secondary N) is 1. The number of allylic oxidation sites excluding steroid dienone is 1. The monoisotopic (exact) mass is 518 g/mol. The van der Waals surface area contributed by atoms with Gasteiger partial charge in [0.25, 0.3) is 5.91 Å². The number of carbonyl (C=O) groups is 1. The van der Waals surface area contributed by atoms with Gasteiger partial charge in [-0.1, -0.05) is 42.0 Å². The minimum atomic E-state index is -0.556. The second-order valence-corrected chi connectivity index (χ2v) is 9.15. The van der Waals surface area contributed by atoms with E-state index >= 15 is 0 Å². The van der Waals surface area contributed by atoms with E-state index in [1.54, 1.807) is 12.1 Å². The summed E-state index contributed by atoms with van der Waals surface area (Å²) in [5, 5.41) is 21.5. The van der Waals surface area contributed by atoms with E-state index in [2.05, 4.69) is 22.1 Å². The predicted molar refractivity (Wildman–Crippen MR) is 145 cm³/mol. The van der Waals surface area contributed by atoms with E-state index in [1.165, 1.54) is 24.5 Å². The van der Waals surface area contributed by atoms with Crippen molar-refractivity contribution in [3.05, 3.63) is 76.3 Å². The number of ether oxygens (including phenoxy) is 3. The second kappa shape index (κ2) is 13.8. The molecule has 1 aromatic heterocycles. The van der Waals surface area contributed by atoms with Crippen molar-refractivity contribution >= 4 is 28.5 Å². The first-order valence-corrected chi connectivity index (χ1v) is 12.7. The van der Waals surface area contributed by atoms with Crippen molar-refractivity contribution in [1.29, 1.82) is 5.26 Å². The molecule has 0 atom stereocenters. The minimum Gasteiger partial charge on any atom is -0.493 e. The van der Waals surface area contributed by atoms with Gasteiger partial charge in [-0.25, -0.2) is 0 Å². The zero-order valence-electron chi connectivity index (χ0n) is 21.2. The van der Waals surface area contributed by atoms with Crippen LogP contribution in [0.1, 0.15) is 35.0 Å². The zero-order valence-corrected chi connectivity index (χ0v) is 22.1. The SMILES string of the molecule is C=CCc1cc(/C=C(/C#N)C(=O)Nc2nnc(CCC)s2)cc(OC)c1OCCOc1ccc(C)cc1. The molecular formula is C28H30N4O4S. The first-order valence-electron chi connectivity index (χ1n) is 11.9. The molecule has 0 aliphatic rings. The molecule has 0 saturated heterocycles. The molecule has 2 aromatic carbocycles. The molecule has 192 valence electrons. The summed E-state index contributed by atoms with van der Waals surface area (Å²) in [5.74, 6) is 1.25. The summed E-state index contributed by atoms with van der Waals surface area (Å²) in [4.78, 5) is 12.7. The average molecular weight is 519 g/mol. The van der Waals surface area contributed by atoms with Crippen LogP contribution in [0.15, 0.2) is 54.6 Å². The van der Waals surface area contributed by atoms with E-state index in [0.717, 1.165) is 34.7 Å². The van der Waals surface area contributed by atoms with Gasteiger partial charge in [-0.15, -0.1) is 16.8 Å². The second-order valence-electron chi connectivity index (χ2n) is 8.09. The van der Waals surface area contributed by atoms with Gasteiger partial charge in [-0.3, -0.25) is 10.1 Å². The maximum absolute atomic E-state index is 12.7. The van der Waals surface area contributed by atoms with Crippen LogP contribution in [0.5, 0.6) is 17.2 Å². The van der Waals surface area contributed by atoms with Gasteiger partial charge < -0.3 is 14.2 Å². The smallest absolute Gasteiger partial charge is 0.268 e. The third-order valence-corrected chi connectivity index (χ3v) is 6.08. The molecular weight excluding hydrogens is 488 g/mol.